The first kappa shape index (κ1) is 7.63. The second kappa shape index (κ2) is 2.29. The van der Waals surface area contributed by atoms with E-state index in [4.69, 9.17) is 11.5 Å². The van der Waals surface area contributed by atoms with E-state index in [1.807, 2.05) is 0 Å². The van der Waals surface area contributed by atoms with Crippen molar-refractivity contribution in [2.45, 2.75) is 0 Å². The van der Waals surface area contributed by atoms with E-state index in [0.717, 1.165) is 0 Å². The Morgan fingerprint density at radius 2 is 2.09 bits per heavy atom. The molecule has 0 radical (unpaired) electrons. The smallest absolute Gasteiger partial charge is 0.457 e. The molecule has 0 saturated carbocycles. The van der Waals surface area contributed by atoms with E-state index < -0.39 is 11.0 Å². The van der Waals surface area contributed by atoms with Gasteiger partial charge < -0.3 is 20.9 Å². The molecule has 1 aliphatic rings. The van der Waals surface area contributed by atoms with Crippen molar-refractivity contribution < 1.29 is 14.5 Å². The maximum Gasteiger partial charge on any atom is 0.457 e. The van der Waals surface area contributed by atoms with Gasteiger partial charge >= 0.3 is 11.8 Å². The summed E-state index contributed by atoms with van der Waals surface area (Å²) in [7, 11) is 1.24. The van der Waals surface area contributed by atoms with Crippen LogP contribution in [0.1, 0.15) is 0 Å². The average Bonchev–Trinajstić information content (AvgIpc) is 2.17. The van der Waals surface area contributed by atoms with Crippen LogP contribution < -0.4 is 16.5 Å². The molecule has 7 heteroatoms. The zero-order valence-electron chi connectivity index (χ0n) is 5.83. The monoisotopic (exact) mass is 160 g/mol. The lowest BCUT2D eigenvalue weighted by molar-refractivity contribution is -0.714. The molecule has 0 aromatic heterocycles. The van der Waals surface area contributed by atoms with Crippen LogP contribution in [0.15, 0.2) is 11.7 Å². The van der Waals surface area contributed by atoms with Crippen molar-refractivity contribution in [1.29, 1.82) is 0 Å². The minimum atomic E-state index is -0.683. The van der Waals surface area contributed by atoms with Crippen molar-refractivity contribution in [2.75, 3.05) is 7.11 Å². The summed E-state index contributed by atoms with van der Waals surface area (Å²) < 4.78 is 4.69. The number of rotatable bonds is 1. The standard InChI is InChI=1S/C4H8N4O3/c1-11-3-2(5)7(9)4(6)8(3)10/h7H,5-6H2,1H3. The highest BCUT2D eigenvalue weighted by Gasteiger charge is 2.32. The molecular formula is C4H8N4O3. The average molecular weight is 160 g/mol. The van der Waals surface area contributed by atoms with Gasteiger partial charge in [-0.25, -0.2) is 10.8 Å². The zero-order chi connectivity index (χ0) is 8.59. The third-order valence-electron chi connectivity index (χ3n) is 1.30. The highest BCUT2D eigenvalue weighted by Crippen LogP contribution is 1.99. The van der Waals surface area contributed by atoms with Crippen LogP contribution in [-0.2, 0) is 4.74 Å². The van der Waals surface area contributed by atoms with Crippen LogP contribution in [0.2, 0.25) is 0 Å². The number of nitrogens with one attached hydrogen (secondary N) is 1. The summed E-state index contributed by atoms with van der Waals surface area (Å²) >= 11 is 0. The van der Waals surface area contributed by atoms with Gasteiger partial charge in [-0.05, 0) is 0 Å². The van der Waals surface area contributed by atoms with Gasteiger partial charge in [-0.3, -0.25) is 0 Å². The van der Waals surface area contributed by atoms with E-state index in [0.29, 0.717) is 0 Å². The fourth-order valence-electron chi connectivity index (χ4n) is 0.739. The van der Waals surface area contributed by atoms with Crippen LogP contribution >= 0.6 is 0 Å². The van der Waals surface area contributed by atoms with Gasteiger partial charge in [0.15, 0.2) is 0 Å². The number of hydrogen-bond acceptors (Lipinski definition) is 5. The van der Waals surface area contributed by atoms with Gasteiger partial charge in [0, 0.05) is 0 Å². The fourth-order valence-corrected chi connectivity index (χ4v) is 0.739. The Bertz CT molecular complexity index is 246. The molecule has 0 spiro atoms. The molecule has 0 saturated heterocycles. The van der Waals surface area contributed by atoms with Gasteiger partial charge in [-0.2, -0.15) is 0 Å². The Kier molecular flexibility index (Phi) is 1.59. The molecule has 0 aromatic rings. The van der Waals surface area contributed by atoms with Crippen molar-refractivity contribution in [1.82, 2.24) is 0 Å². The quantitative estimate of drug-likeness (QED) is 0.278. The second-order valence-electron chi connectivity index (χ2n) is 1.93. The van der Waals surface area contributed by atoms with Crippen molar-refractivity contribution in [3.63, 3.8) is 0 Å². The zero-order valence-corrected chi connectivity index (χ0v) is 5.83. The molecule has 62 valence electrons. The van der Waals surface area contributed by atoms with Crippen LogP contribution in [-0.4, -0.2) is 17.8 Å². The first-order chi connectivity index (χ1) is 5.09. The number of methoxy groups -OCH3 is 1. The van der Waals surface area contributed by atoms with Crippen molar-refractivity contribution in [3.8, 4) is 0 Å². The van der Waals surface area contributed by atoms with E-state index in [1.165, 1.54) is 7.11 Å². The van der Waals surface area contributed by atoms with Gasteiger partial charge in [-0.15, -0.1) is 4.74 Å². The molecule has 7 nitrogen and oxygen atoms in total. The first-order valence-corrected chi connectivity index (χ1v) is 2.77. The Morgan fingerprint density at radius 3 is 2.27 bits per heavy atom. The molecule has 5 N–H and O–H groups in total. The van der Waals surface area contributed by atoms with Gasteiger partial charge in [0.05, 0.1) is 7.11 Å². The van der Waals surface area contributed by atoms with Gasteiger partial charge in [0.25, 0.3) is 5.82 Å². The summed E-state index contributed by atoms with van der Waals surface area (Å²) in [6.07, 6.45) is 0. The normalized spacial score (nSPS) is 24.7. The van der Waals surface area contributed by atoms with E-state index in [2.05, 4.69) is 4.74 Å². The topological polar surface area (TPSA) is 115 Å². The van der Waals surface area contributed by atoms with E-state index in [9.17, 15) is 10.4 Å². The summed E-state index contributed by atoms with van der Waals surface area (Å²) in [5, 5.41) is 21.0. The lowest BCUT2D eigenvalue weighted by atomic mass is 10.7. The summed E-state index contributed by atoms with van der Waals surface area (Å²) in [6, 6.07) is 0. The number of nitrogens with zero attached hydrogens (tertiary/aromatic N) is 1. The molecule has 1 aliphatic heterocycles. The molecule has 11 heavy (non-hydrogen) atoms. The van der Waals surface area contributed by atoms with Crippen LogP contribution in [0, 0.1) is 10.4 Å². The van der Waals surface area contributed by atoms with Crippen LogP contribution in [0.25, 0.3) is 0 Å². The minimum absolute atomic E-state index is 0.164. The van der Waals surface area contributed by atoms with Crippen LogP contribution in [0.5, 0.6) is 0 Å². The number of nitrogens with two attached hydrogens (primary N) is 2. The Balaban J connectivity index is 3.07. The van der Waals surface area contributed by atoms with Crippen molar-refractivity contribution >= 4 is 5.96 Å². The number of guanidine groups is 1. The highest BCUT2D eigenvalue weighted by molar-refractivity contribution is 5.65. The highest BCUT2D eigenvalue weighted by atomic mass is 16.6. The van der Waals surface area contributed by atoms with Gasteiger partial charge in [0.2, 0.25) is 0 Å². The fraction of sp³-hybridized carbons (Fsp3) is 0.250. The molecule has 0 bridgehead atoms. The molecule has 1 heterocycles. The first-order valence-electron chi connectivity index (χ1n) is 2.77. The van der Waals surface area contributed by atoms with Crippen LogP contribution in [0.3, 0.4) is 0 Å². The summed E-state index contributed by atoms with van der Waals surface area (Å²) in [4.78, 5) is 0. The Morgan fingerprint density at radius 1 is 1.55 bits per heavy atom. The molecule has 0 aliphatic carbocycles. The number of quaternary nitrogens is 1. The lowest BCUT2D eigenvalue weighted by Gasteiger charge is -2.08. The van der Waals surface area contributed by atoms with E-state index in [1.54, 1.807) is 0 Å². The number of hydrogen-bond donors (Lipinski definition) is 3. The molecule has 1 atom stereocenters. The van der Waals surface area contributed by atoms with Gasteiger partial charge in [0.1, 0.15) is 0 Å². The lowest BCUT2D eigenvalue weighted by Crippen LogP contribution is -3.10. The third-order valence-corrected chi connectivity index (χ3v) is 1.30. The molecule has 0 amide bonds. The molecule has 0 fully saturated rings. The Labute approximate surface area is 62.3 Å². The Hall–Kier alpha value is -1.47. The van der Waals surface area contributed by atoms with Crippen molar-refractivity contribution in [3.05, 3.63) is 22.1 Å². The molecule has 1 rings (SSSR count). The predicted octanol–water partition coefficient (Wildman–Crippen LogP) is -3.06. The largest absolute Gasteiger partial charge is 0.704 e. The van der Waals surface area contributed by atoms with Gasteiger partial charge in [-0.1, -0.05) is 0 Å². The second-order valence-corrected chi connectivity index (χ2v) is 1.93. The molecule has 1 unspecified atom stereocenters. The predicted molar refractivity (Wildman–Crippen MR) is 35.4 cm³/mol. The molecular weight excluding hydrogens is 152 g/mol. The van der Waals surface area contributed by atoms with Crippen LogP contribution in [0.4, 0.5) is 0 Å². The maximum atomic E-state index is 10.8. The number of ether oxygens (including phenoxy) is 1. The minimum Gasteiger partial charge on any atom is -0.704 e. The van der Waals surface area contributed by atoms with E-state index in [-0.39, 0.29) is 16.4 Å². The van der Waals surface area contributed by atoms with E-state index >= 15 is 0 Å². The summed E-state index contributed by atoms with van der Waals surface area (Å²) in [5.74, 6) is -0.952. The summed E-state index contributed by atoms with van der Waals surface area (Å²) in [5.41, 5.74) is 10.2. The SMILES string of the molecule is COC1=C(N)[NH+]([O-])C(N)=[N+]1[O-]. The third kappa shape index (κ3) is 0.863. The number of hydroxylamine groups is 3. The summed E-state index contributed by atoms with van der Waals surface area (Å²) in [6.45, 7) is 0. The van der Waals surface area contributed by atoms with Crippen molar-refractivity contribution in [2.24, 2.45) is 11.5 Å². The molecule has 0 aromatic carbocycles. The maximum absolute atomic E-state index is 10.8.